The van der Waals surface area contributed by atoms with Crippen molar-refractivity contribution < 1.29 is 9.47 Å². The van der Waals surface area contributed by atoms with Crippen molar-refractivity contribution in [2.45, 2.75) is 0 Å². The van der Waals surface area contributed by atoms with Crippen molar-refractivity contribution in [1.29, 1.82) is 0 Å². The summed E-state index contributed by atoms with van der Waals surface area (Å²) in [6.07, 6.45) is 5.26. The third-order valence-electron chi connectivity index (χ3n) is 4.05. The molecule has 4 aromatic rings. The predicted octanol–water partition coefficient (Wildman–Crippen LogP) is 4.52. The molecule has 138 valence electrons. The number of hydrogen-bond acceptors (Lipinski definition) is 7. The maximum Gasteiger partial charge on any atom is 0.231 e. The number of hydrogen-bond donors (Lipinski definition) is 0. The molecule has 0 amide bonds. The summed E-state index contributed by atoms with van der Waals surface area (Å²) >= 11 is 3.21. The molecule has 0 saturated heterocycles. The minimum absolute atomic E-state index is 0.256. The second-order valence-corrected chi connectivity index (χ2v) is 7.66. The van der Waals surface area contributed by atoms with E-state index < -0.39 is 0 Å². The number of rotatable bonds is 4. The van der Waals surface area contributed by atoms with Crippen LogP contribution in [-0.2, 0) is 0 Å². The van der Waals surface area contributed by atoms with Crippen LogP contribution < -0.4 is 14.3 Å². The van der Waals surface area contributed by atoms with Crippen LogP contribution in [-0.4, -0.2) is 22.7 Å². The van der Waals surface area contributed by atoms with Gasteiger partial charge in [-0.15, -0.1) is 22.7 Å². The number of thiazole rings is 1. The van der Waals surface area contributed by atoms with Gasteiger partial charge >= 0.3 is 0 Å². The summed E-state index contributed by atoms with van der Waals surface area (Å²) in [4.78, 5) is 10.7. The Labute approximate surface area is 168 Å². The molecule has 0 unspecified atom stereocenters. The van der Waals surface area contributed by atoms with Crippen LogP contribution in [0.4, 0.5) is 5.69 Å². The average molecular weight is 406 g/mol. The number of fused-ring (bicyclic) bond motifs is 1. The first-order valence-electron chi connectivity index (χ1n) is 8.50. The molecule has 0 bridgehead atoms. The second-order valence-electron chi connectivity index (χ2n) is 5.87. The van der Waals surface area contributed by atoms with Crippen LogP contribution in [0.25, 0.3) is 10.6 Å². The van der Waals surface area contributed by atoms with Crippen molar-refractivity contribution in [3.8, 4) is 22.1 Å². The summed E-state index contributed by atoms with van der Waals surface area (Å²) in [7, 11) is 0. The minimum Gasteiger partial charge on any atom is -0.454 e. The number of ether oxygens (including phenoxy) is 2. The average Bonchev–Trinajstić information content (AvgIpc) is 3.47. The zero-order chi connectivity index (χ0) is 18.8. The molecule has 1 aliphatic heterocycles. The monoisotopic (exact) mass is 406 g/mol. The van der Waals surface area contributed by atoms with Gasteiger partial charge in [0.25, 0.3) is 0 Å². The van der Waals surface area contributed by atoms with Gasteiger partial charge in [-0.25, -0.2) is 9.67 Å². The second kappa shape index (κ2) is 7.41. The van der Waals surface area contributed by atoms with Gasteiger partial charge in [0, 0.05) is 11.6 Å². The van der Waals surface area contributed by atoms with Gasteiger partial charge in [0.05, 0.1) is 28.7 Å². The van der Waals surface area contributed by atoms with Gasteiger partial charge in [0.15, 0.2) is 11.5 Å². The Kier molecular flexibility index (Phi) is 4.48. The van der Waals surface area contributed by atoms with Crippen molar-refractivity contribution >= 4 is 34.6 Å². The summed E-state index contributed by atoms with van der Waals surface area (Å²) in [5.74, 6) is 1.49. The first-order chi connectivity index (χ1) is 13.9. The molecule has 3 aromatic heterocycles. The topological polar surface area (TPSA) is 61.0 Å². The Morgan fingerprint density at radius 3 is 2.89 bits per heavy atom. The van der Waals surface area contributed by atoms with Gasteiger partial charge < -0.3 is 9.47 Å². The molecule has 0 radical (unpaired) electrons. The van der Waals surface area contributed by atoms with E-state index in [2.05, 4.69) is 21.8 Å². The van der Waals surface area contributed by atoms with Gasteiger partial charge in [0.2, 0.25) is 11.6 Å². The van der Waals surface area contributed by atoms with Crippen LogP contribution in [0, 0.1) is 0 Å². The molecule has 0 saturated carbocycles. The standard InChI is InChI=1S/C20H14N4O2S2/c1-3-15(11-21-7-1)23-20-24(16(12-28-20)19-4-2-8-27-19)22-10-14-5-6-17-18(9-14)26-13-25-17/h1-12H,13H2/b22-10+,23-20?. The van der Waals surface area contributed by atoms with Gasteiger partial charge in [-0.3, -0.25) is 4.98 Å². The molecular weight excluding hydrogens is 392 g/mol. The predicted molar refractivity (Wildman–Crippen MR) is 111 cm³/mol. The lowest BCUT2D eigenvalue weighted by molar-refractivity contribution is 0.174. The fourth-order valence-electron chi connectivity index (χ4n) is 2.73. The van der Waals surface area contributed by atoms with Crippen molar-refractivity contribution in [1.82, 2.24) is 9.66 Å². The highest BCUT2D eigenvalue weighted by Crippen LogP contribution is 2.32. The molecule has 8 heteroatoms. The van der Waals surface area contributed by atoms with E-state index in [9.17, 15) is 0 Å². The molecule has 0 N–H and O–H groups in total. The van der Waals surface area contributed by atoms with E-state index >= 15 is 0 Å². The van der Waals surface area contributed by atoms with E-state index in [4.69, 9.17) is 19.6 Å². The van der Waals surface area contributed by atoms with Crippen LogP contribution in [0.5, 0.6) is 11.5 Å². The van der Waals surface area contributed by atoms with E-state index in [1.54, 1.807) is 41.3 Å². The smallest absolute Gasteiger partial charge is 0.231 e. The van der Waals surface area contributed by atoms with Crippen molar-refractivity contribution in [3.05, 3.63) is 76.0 Å². The van der Waals surface area contributed by atoms with Gasteiger partial charge in [-0.2, -0.15) is 5.10 Å². The Morgan fingerprint density at radius 1 is 1.07 bits per heavy atom. The Morgan fingerprint density at radius 2 is 2.04 bits per heavy atom. The quantitative estimate of drug-likeness (QED) is 0.468. The van der Waals surface area contributed by atoms with Gasteiger partial charge in [-0.1, -0.05) is 6.07 Å². The summed E-state index contributed by atoms with van der Waals surface area (Å²) < 4.78 is 12.7. The van der Waals surface area contributed by atoms with Crippen LogP contribution >= 0.6 is 22.7 Å². The van der Waals surface area contributed by atoms with E-state index in [1.807, 2.05) is 41.1 Å². The fourth-order valence-corrected chi connectivity index (χ4v) is 4.38. The third kappa shape index (κ3) is 3.35. The molecular formula is C20H14N4O2S2. The fraction of sp³-hybridized carbons (Fsp3) is 0.0500. The number of thiophene rings is 1. The molecule has 0 fully saturated rings. The molecule has 0 spiro atoms. The highest BCUT2D eigenvalue weighted by Gasteiger charge is 2.13. The molecule has 28 heavy (non-hydrogen) atoms. The molecule has 0 aliphatic carbocycles. The summed E-state index contributed by atoms with van der Waals surface area (Å²) in [5, 5.41) is 8.83. The van der Waals surface area contributed by atoms with Crippen molar-refractivity contribution in [2.24, 2.45) is 10.1 Å². The van der Waals surface area contributed by atoms with Gasteiger partial charge in [0.1, 0.15) is 0 Å². The lowest BCUT2D eigenvalue weighted by Gasteiger charge is -2.02. The molecule has 0 atom stereocenters. The summed E-state index contributed by atoms with van der Waals surface area (Å²) in [6, 6.07) is 13.7. The zero-order valence-electron chi connectivity index (χ0n) is 14.6. The highest BCUT2D eigenvalue weighted by molar-refractivity contribution is 7.14. The Hall–Kier alpha value is -3.23. The lowest BCUT2D eigenvalue weighted by atomic mass is 10.2. The van der Waals surface area contributed by atoms with Gasteiger partial charge in [-0.05, 0) is 47.3 Å². The first kappa shape index (κ1) is 16.9. The Bertz CT molecular complexity index is 1190. The van der Waals surface area contributed by atoms with E-state index in [-0.39, 0.29) is 6.79 Å². The van der Waals surface area contributed by atoms with Crippen LogP contribution in [0.1, 0.15) is 5.56 Å². The van der Waals surface area contributed by atoms with Crippen molar-refractivity contribution in [3.63, 3.8) is 0 Å². The normalized spacial score (nSPS) is 13.5. The number of nitrogens with zero attached hydrogens (tertiary/aromatic N) is 4. The zero-order valence-corrected chi connectivity index (χ0v) is 16.2. The number of benzene rings is 1. The molecule has 1 aromatic carbocycles. The number of pyridine rings is 1. The Balaban J connectivity index is 1.58. The van der Waals surface area contributed by atoms with E-state index in [1.165, 1.54) is 0 Å². The maximum atomic E-state index is 5.45. The third-order valence-corrected chi connectivity index (χ3v) is 5.76. The van der Waals surface area contributed by atoms with Crippen LogP contribution in [0.2, 0.25) is 0 Å². The van der Waals surface area contributed by atoms with Crippen LogP contribution in [0.15, 0.2) is 75.7 Å². The molecule has 6 nitrogen and oxygen atoms in total. The minimum atomic E-state index is 0.256. The highest BCUT2D eigenvalue weighted by atomic mass is 32.1. The molecule has 1 aliphatic rings. The maximum absolute atomic E-state index is 5.45. The first-order valence-corrected chi connectivity index (χ1v) is 10.3. The van der Waals surface area contributed by atoms with E-state index in [0.29, 0.717) is 0 Å². The SMILES string of the molecule is C(=N\n1c(-c2cccs2)csc1=Nc1cccnc1)/c1ccc2c(c1)OCO2. The van der Waals surface area contributed by atoms with Crippen LogP contribution in [0.3, 0.4) is 0 Å². The van der Waals surface area contributed by atoms with E-state index in [0.717, 1.165) is 38.1 Å². The molecule has 4 heterocycles. The van der Waals surface area contributed by atoms with Crippen molar-refractivity contribution in [2.75, 3.05) is 6.79 Å². The largest absolute Gasteiger partial charge is 0.454 e. The molecule has 5 rings (SSSR count). The summed E-state index contributed by atoms with van der Waals surface area (Å²) in [6.45, 7) is 0.256. The summed E-state index contributed by atoms with van der Waals surface area (Å²) in [5.41, 5.74) is 2.71. The number of aromatic nitrogens is 2. The lowest BCUT2D eigenvalue weighted by Crippen LogP contribution is -2.11.